The molecule has 2 N–H and O–H groups in total. The number of alkyl halides is 3. The Morgan fingerprint density at radius 1 is 1.19 bits per heavy atom. The summed E-state index contributed by atoms with van der Waals surface area (Å²) in [5, 5.41) is 0. The number of ether oxygens (including phenoxy) is 1. The minimum Gasteiger partial charge on any atom is -0.443 e. The van der Waals surface area contributed by atoms with Crippen LogP contribution < -0.4 is 11.3 Å². The molecule has 2 aromatic heterocycles. The van der Waals surface area contributed by atoms with Gasteiger partial charge in [-0.05, 0) is 51.0 Å². The van der Waals surface area contributed by atoms with Crippen LogP contribution in [0.4, 0.5) is 23.7 Å². The second-order valence-corrected chi connectivity index (χ2v) is 8.67. The Labute approximate surface area is 182 Å². The van der Waals surface area contributed by atoms with Crippen LogP contribution >= 0.6 is 0 Å². The molecule has 10 heteroatoms. The Balaban J connectivity index is 2.17. The number of hydrogen-bond acceptors (Lipinski definition) is 5. The number of pyridine rings is 1. The smallest absolute Gasteiger partial charge is 0.420 e. The van der Waals surface area contributed by atoms with Gasteiger partial charge in [0.1, 0.15) is 11.4 Å². The van der Waals surface area contributed by atoms with Gasteiger partial charge in [-0.15, -0.1) is 0 Å². The Bertz CT molecular complexity index is 1210. The van der Waals surface area contributed by atoms with Crippen LogP contribution in [0.5, 0.6) is 0 Å². The lowest BCUT2D eigenvalue weighted by atomic mass is 9.99. The molecule has 3 rings (SSSR count). The van der Waals surface area contributed by atoms with Crippen molar-refractivity contribution < 1.29 is 22.7 Å². The van der Waals surface area contributed by atoms with Crippen molar-refractivity contribution in [3.63, 3.8) is 0 Å². The lowest BCUT2D eigenvalue weighted by Gasteiger charge is -2.20. The van der Waals surface area contributed by atoms with Gasteiger partial charge < -0.3 is 15.0 Å². The van der Waals surface area contributed by atoms with Gasteiger partial charge in [0.05, 0.1) is 29.2 Å². The van der Waals surface area contributed by atoms with E-state index in [1.807, 2.05) is 0 Å². The van der Waals surface area contributed by atoms with Crippen LogP contribution in [0.2, 0.25) is 0 Å². The number of halogens is 3. The summed E-state index contributed by atoms with van der Waals surface area (Å²) >= 11 is 0. The van der Waals surface area contributed by atoms with Gasteiger partial charge in [-0.25, -0.2) is 14.3 Å². The van der Waals surface area contributed by atoms with Crippen LogP contribution in [-0.2, 0) is 17.7 Å². The molecule has 2 heterocycles. The van der Waals surface area contributed by atoms with E-state index in [1.165, 1.54) is 21.4 Å². The van der Waals surface area contributed by atoms with Crippen LogP contribution in [0.1, 0.15) is 39.1 Å². The molecule has 0 saturated heterocycles. The van der Waals surface area contributed by atoms with Crippen molar-refractivity contribution in [3.8, 4) is 0 Å². The highest BCUT2D eigenvalue weighted by Crippen LogP contribution is 2.31. The predicted molar refractivity (Wildman–Crippen MR) is 115 cm³/mol. The third-order valence-electron chi connectivity index (χ3n) is 4.86. The summed E-state index contributed by atoms with van der Waals surface area (Å²) in [7, 11) is 0. The molecular weight excluding hydrogens is 425 g/mol. The number of rotatable bonds is 4. The number of nitrogen functional groups attached to an aromatic ring is 1. The van der Waals surface area contributed by atoms with Gasteiger partial charge >= 0.3 is 12.3 Å². The third-order valence-corrected chi connectivity index (χ3v) is 4.86. The molecule has 0 aliphatic rings. The summed E-state index contributed by atoms with van der Waals surface area (Å²) in [5.41, 5.74) is 5.32. The number of carbonyl (C=O) groups is 1. The van der Waals surface area contributed by atoms with Crippen LogP contribution in [-0.4, -0.2) is 32.0 Å². The van der Waals surface area contributed by atoms with E-state index in [9.17, 15) is 22.8 Å². The number of nitrogens with zero attached hydrogens (tertiary/aromatic N) is 3. The predicted octanol–water partition coefficient (Wildman–Crippen LogP) is 4.35. The van der Waals surface area contributed by atoms with E-state index in [2.05, 4.69) is 4.98 Å². The molecule has 7 nitrogen and oxygen atoms in total. The molecule has 0 aliphatic carbocycles. The first-order valence-corrected chi connectivity index (χ1v) is 10.0. The summed E-state index contributed by atoms with van der Waals surface area (Å²) in [6, 6.07) is 7.73. The standard InChI is InChI=1S/C22H25F3N4O3/c1-13(22(23,24)25)11-14-7-5-9-16-18(14)27-17(29(16)20(31)32-21(2,3)4)12-28-10-6-8-15(26)19(28)30/h5-10,13H,11-12,26H2,1-4H3. The molecule has 3 aromatic rings. The SMILES string of the molecule is CC(Cc1cccc2c1nc(Cn1cccc(N)c1=O)n2C(=O)OC(C)(C)C)C(F)(F)F. The molecular formula is C22H25F3N4O3. The molecule has 0 aliphatic heterocycles. The van der Waals surface area contributed by atoms with E-state index >= 15 is 0 Å². The highest BCUT2D eigenvalue weighted by atomic mass is 19.4. The second kappa shape index (κ2) is 8.33. The molecule has 0 fully saturated rings. The summed E-state index contributed by atoms with van der Waals surface area (Å²) in [4.78, 5) is 29.8. The molecule has 0 bridgehead atoms. The maximum Gasteiger partial charge on any atom is 0.420 e. The normalized spacial score (nSPS) is 13.3. The summed E-state index contributed by atoms with van der Waals surface area (Å²) in [6.45, 7) is 6.07. The van der Waals surface area contributed by atoms with E-state index in [0.717, 1.165) is 6.92 Å². The van der Waals surface area contributed by atoms with Crippen molar-refractivity contribution >= 4 is 22.8 Å². The summed E-state index contributed by atoms with van der Waals surface area (Å²) in [6.07, 6.45) is -3.92. The molecule has 0 spiro atoms. The minimum absolute atomic E-state index is 0.0205. The number of hydrogen-bond donors (Lipinski definition) is 1. The molecule has 1 atom stereocenters. The van der Waals surface area contributed by atoms with Crippen LogP contribution in [0.15, 0.2) is 41.3 Å². The van der Waals surface area contributed by atoms with E-state index in [4.69, 9.17) is 10.5 Å². The maximum absolute atomic E-state index is 13.2. The third kappa shape index (κ3) is 4.95. The van der Waals surface area contributed by atoms with Crippen molar-refractivity contribution in [2.45, 2.75) is 52.4 Å². The highest BCUT2D eigenvalue weighted by molar-refractivity contribution is 5.89. The van der Waals surface area contributed by atoms with E-state index in [1.54, 1.807) is 45.0 Å². The highest BCUT2D eigenvalue weighted by Gasteiger charge is 2.36. The van der Waals surface area contributed by atoms with Crippen molar-refractivity contribution in [2.75, 3.05) is 5.73 Å². The van der Waals surface area contributed by atoms with Crippen molar-refractivity contribution in [2.24, 2.45) is 5.92 Å². The zero-order valence-corrected chi connectivity index (χ0v) is 18.2. The van der Waals surface area contributed by atoms with Gasteiger partial charge in [-0.3, -0.25) is 4.79 Å². The first-order valence-electron chi connectivity index (χ1n) is 10.0. The van der Waals surface area contributed by atoms with Gasteiger partial charge in [0.25, 0.3) is 5.56 Å². The van der Waals surface area contributed by atoms with Crippen molar-refractivity contribution in [1.82, 2.24) is 14.1 Å². The van der Waals surface area contributed by atoms with Crippen LogP contribution in [0.3, 0.4) is 0 Å². The van der Waals surface area contributed by atoms with E-state index < -0.39 is 29.3 Å². The van der Waals surface area contributed by atoms with E-state index in [0.29, 0.717) is 11.1 Å². The molecule has 0 amide bonds. The lowest BCUT2D eigenvalue weighted by molar-refractivity contribution is -0.169. The largest absolute Gasteiger partial charge is 0.443 e. The number of imidazole rings is 1. The fourth-order valence-electron chi connectivity index (χ4n) is 3.27. The van der Waals surface area contributed by atoms with Gasteiger partial charge in [0.2, 0.25) is 0 Å². The topological polar surface area (TPSA) is 92.1 Å². The quantitative estimate of drug-likeness (QED) is 0.638. The van der Waals surface area contributed by atoms with Crippen molar-refractivity contribution in [3.05, 3.63) is 58.3 Å². The number of aromatic nitrogens is 3. The average molecular weight is 450 g/mol. The molecule has 172 valence electrons. The number of fused-ring (bicyclic) bond motifs is 1. The molecule has 1 aromatic carbocycles. The number of anilines is 1. The lowest BCUT2D eigenvalue weighted by Crippen LogP contribution is -2.29. The molecule has 32 heavy (non-hydrogen) atoms. The van der Waals surface area contributed by atoms with E-state index in [-0.39, 0.29) is 30.0 Å². The first-order chi connectivity index (χ1) is 14.8. The van der Waals surface area contributed by atoms with Gasteiger partial charge in [0, 0.05) is 6.20 Å². The fraction of sp³-hybridized carbons (Fsp3) is 0.409. The van der Waals surface area contributed by atoms with Gasteiger partial charge in [-0.2, -0.15) is 13.2 Å². The zero-order chi connectivity index (χ0) is 23.8. The Hall–Kier alpha value is -3.30. The average Bonchev–Trinajstić information content (AvgIpc) is 3.02. The second-order valence-electron chi connectivity index (χ2n) is 8.67. The summed E-state index contributed by atoms with van der Waals surface area (Å²) in [5.74, 6) is -1.45. The first kappa shape index (κ1) is 23.4. The van der Waals surface area contributed by atoms with Gasteiger partial charge in [0.15, 0.2) is 0 Å². The van der Waals surface area contributed by atoms with Crippen LogP contribution in [0, 0.1) is 5.92 Å². The molecule has 0 saturated carbocycles. The fourth-order valence-corrected chi connectivity index (χ4v) is 3.27. The Morgan fingerprint density at radius 2 is 1.88 bits per heavy atom. The number of para-hydroxylation sites is 1. The Kier molecular flexibility index (Phi) is 6.08. The Morgan fingerprint density at radius 3 is 2.50 bits per heavy atom. The number of benzene rings is 1. The molecule has 0 radical (unpaired) electrons. The summed E-state index contributed by atoms with van der Waals surface area (Å²) < 4.78 is 47.4. The van der Waals surface area contributed by atoms with Crippen LogP contribution in [0.25, 0.3) is 11.0 Å². The zero-order valence-electron chi connectivity index (χ0n) is 18.2. The minimum atomic E-state index is -4.37. The van der Waals surface area contributed by atoms with Crippen molar-refractivity contribution in [1.29, 1.82) is 0 Å². The number of nitrogens with two attached hydrogens (primary N) is 1. The number of carbonyl (C=O) groups excluding carboxylic acids is 1. The van der Waals surface area contributed by atoms with Gasteiger partial charge in [-0.1, -0.05) is 19.1 Å². The monoisotopic (exact) mass is 450 g/mol. The molecule has 1 unspecified atom stereocenters. The maximum atomic E-state index is 13.2.